The van der Waals surface area contributed by atoms with Gasteiger partial charge in [0.15, 0.2) is 6.10 Å². The Labute approximate surface area is 503 Å². The number of carbonyl (C=O) groups excluding carboxylic acids is 3. The van der Waals surface area contributed by atoms with Crippen LogP contribution in [0.5, 0.6) is 0 Å². The molecule has 0 heterocycles. The van der Waals surface area contributed by atoms with E-state index in [9.17, 15) is 14.4 Å². The summed E-state index contributed by atoms with van der Waals surface area (Å²) in [4.78, 5) is 38.4. The maximum atomic E-state index is 13.0. The number of allylic oxidation sites excluding steroid dienone is 12. The van der Waals surface area contributed by atoms with Crippen molar-refractivity contribution in [2.45, 2.75) is 374 Å². The average Bonchev–Trinajstić information content (AvgIpc) is 3.46. The lowest BCUT2D eigenvalue weighted by molar-refractivity contribution is -0.167. The standard InChI is InChI=1S/C75H134O6/c1-4-7-10-13-16-19-22-25-27-29-31-33-35-36-37-38-40-41-43-45-47-50-53-56-59-62-65-68-74(77)80-71-72(70-79-73(76)67-64-61-58-55-52-49-24-21-18-15-12-9-6-3)81-75(78)69-66-63-60-57-54-51-48-46-44-42-39-34-32-30-28-26-23-20-17-14-11-8-5-2/h9,12,18,21-22,25,29,31,35-36,49,52,72H,4-8,10-11,13-17,19-20,23-24,26-28,30,32-34,37-48,50-51,53-71H2,1-3H3/b12-9-,21-18-,25-22-,31-29-,36-35-,52-49-. The number of esters is 3. The van der Waals surface area contributed by atoms with E-state index in [0.29, 0.717) is 19.3 Å². The molecule has 0 N–H and O–H groups in total. The van der Waals surface area contributed by atoms with Gasteiger partial charge in [-0.25, -0.2) is 0 Å². The molecule has 0 aromatic rings. The van der Waals surface area contributed by atoms with E-state index in [-0.39, 0.29) is 31.1 Å². The molecule has 470 valence electrons. The van der Waals surface area contributed by atoms with Crippen LogP contribution in [0.25, 0.3) is 0 Å². The molecule has 0 aromatic carbocycles. The molecule has 1 unspecified atom stereocenters. The van der Waals surface area contributed by atoms with Gasteiger partial charge in [0.2, 0.25) is 0 Å². The first kappa shape index (κ1) is 77.9. The Bertz CT molecular complexity index is 1490. The van der Waals surface area contributed by atoms with Crippen molar-refractivity contribution in [2.75, 3.05) is 13.2 Å². The minimum atomic E-state index is -0.788. The van der Waals surface area contributed by atoms with Gasteiger partial charge in [0, 0.05) is 19.3 Å². The van der Waals surface area contributed by atoms with Crippen LogP contribution in [0.15, 0.2) is 72.9 Å². The summed E-state index contributed by atoms with van der Waals surface area (Å²) in [6.07, 6.45) is 90.8. The molecule has 1 atom stereocenters. The fraction of sp³-hybridized carbons (Fsp3) is 0.800. The van der Waals surface area contributed by atoms with Crippen LogP contribution in [-0.4, -0.2) is 37.2 Å². The Morgan fingerprint density at radius 3 is 0.765 bits per heavy atom. The summed E-state index contributed by atoms with van der Waals surface area (Å²) in [6.45, 7) is 6.54. The molecule has 0 aliphatic heterocycles. The van der Waals surface area contributed by atoms with Crippen molar-refractivity contribution in [3.05, 3.63) is 72.9 Å². The molecule has 0 saturated heterocycles. The predicted octanol–water partition coefficient (Wildman–Crippen LogP) is 24.4. The second-order valence-electron chi connectivity index (χ2n) is 23.8. The summed E-state index contributed by atoms with van der Waals surface area (Å²) < 4.78 is 17.0. The first-order valence-corrected chi connectivity index (χ1v) is 35.4. The molecular weight excluding hydrogens is 997 g/mol. The van der Waals surface area contributed by atoms with Crippen molar-refractivity contribution in [3.8, 4) is 0 Å². The minimum absolute atomic E-state index is 0.0824. The zero-order chi connectivity index (χ0) is 58.5. The highest BCUT2D eigenvalue weighted by atomic mass is 16.6. The lowest BCUT2D eigenvalue weighted by Gasteiger charge is -2.18. The van der Waals surface area contributed by atoms with Gasteiger partial charge in [0.25, 0.3) is 0 Å². The Morgan fingerprint density at radius 1 is 0.259 bits per heavy atom. The highest BCUT2D eigenvalue weighted by Gasteiger charge is 2.19. The number of ether oxygens (including phenoxy) is 3. The fourth-order valence-electron chi connectivity index (χ4n) is 10.4. The normalized spacial score (nSPS) is 12.5. The van der Waals surface area contributed by atoms with Gasteiger partial charge in [0.1, 0.15) is 13.2 Å². The minimum Gasteiger partial charge on any atom is -0.462 e. The average molecular weight is 1130 g/mol. The topological polar surface area (TPSA) is 78.9 Å². The molecule has 81 heavy (non-hydrogen) atoms. The van der Waals surface area contributed by atoms with Gasteiger partial charge < -0.3 is 14.2 Å². The van der Waals surface area contributed by atoms with Crippen LogP contribution in [0.2, 0.25) is 0 Å². The molecule has 0 rings (SSSR count). The van der Waals surface area contributed by atoms with E-state index in [1.165, 1.54) is 231 Å². The van der Waals surface area contributed by atoms with Crippen molar-refractivity contribution in [1.82, 2.24) is 0 Å². The molecule has 0 amide bonds. The Balaban J connectivity index is 4.26. The molecule has 0 aromatic heterocycles. The van der Waals surface area contributed by atoms with Crippen LogP contribution in [0.4, 0.5) is 0 Å². The van der Waals surface area contributed by atoms with Gasteiger partial charge in [-0.05, 0) is 89.9 Å². The van der Waals surface area contributed by atoms with E-state index < -0.39 is 6.10 Å². The van der Waals surface area contributed by atoms with E-state index in [2.05, 4.69) is 93.7 Å². The van der Waals surface area contributed by atoms with Crippen molar-refractivity contribution in [1.29, 1.82) is 0 Å². The summed E-state index contributed by atoms with van der Waals surface area (Å²) >= 11 is 0. The molecule has 0 fully saturated rings. The van der Waals surface area contributed by atoms with Crippen LogP contribution in [-0.2, 0) is 28.6 Å². The summed E-state index contributed by atoms with van der Waals surface area (Å²) in [5.41, 5.74) is 0. The number of unbranched alkanes of at least 4 members (excludes halogenated alkanes) is 42. The van der Waals surface area contributed by atoms with E-state index >= 15 is 0 Å². The largest absolute Gasteiger partial charge is 0.462 e. The third kappa shape index (κ3) is 67.5. The summed E-state index contributed by atoms with van der Waals surface area (Å²) in [5.74, 6) is -0.893. The van der Waals surface area contributed by atoms with Gasteiger partial charge in [-0.15, -0.1) is 0 Å². The van der Waals surface area contributed by atoms with Crippen molar-refractivity contribution in [3.63, 3.8) is 0 Å². The lowest BCUT2D eigenvalue weighted by Crippen LogP contribution is -2.30. The Kier molecular flexibility index (Phi) is 66.6. The number of rotatable bonds is 65. The molecule has 0 radical (unpaired) electrons. The van der Waals surface area contributed by atoms with E-state index in [4.69, 9.17) is 14.2 Å². The number of carbonyl (C=O) groups is 3. The van der Waals surface area contributed by atoms with Crippen LogP contribution in [0.3, 0.4) is 0 Å². The second kappa shape index (κ2) is 69.3. The van der Waals surface area contributed by atoms with Crippen LogP contribution >= 0.6 is 0 Å². The van der Waals surface area contributed by atoms with Gasteiger partial charge in [0.05, 0.1) is 0 Å². The monoisotopic (exact) mass is 1130 g/mol. The second-order valence-corrected chi connectivity index (χ2v) is 23.8. The number of hydrogen-bond donors (Lipinski definition) is 0. The van der Waals surface area contributed by atoms with Crippen LogP contribution in [0, 0.1) is 0 Å². The molecule has 0 aliphatic carbocycles. The quantitative estimate of drug-likeness (QED) is 0.0261. The highest BCUT2D eigenvalue weighted by molar-refractivity contribution is 5.71. The number of hydrogen-bond acceptors (Lipinski definition) is 6. The zero-order valence-electron chi connectivity index (χ0n) is 54.1. The SMILES string of the molecule is CC/C=C\C/C=C\C/C=C\CCCCCC(=O)OCC(COC(=O)CCCCCCCCCCCCCC/C=C\C/C=C\C/C=C\CCCCCCC)OC(=O)CCCCCCCCCCCCCCCCCCCCCCCCC. The van der Waals surface area contributed by atoms with Crippen molar-refractivity contribution >= 4 is 17.9 Å². The van der Waals surface area contributed by atoms with E-state index in [1.54, 1.807) is 0 Å². The van der Waals surface area contributed by atoms with Crippen LogP contribution in [0.1, 0.15) is 367 Å². The summed E-state index contributed by atoms with van der Waals surface area (Å²) in [7, 11) is 0. The van der Waals surface area contributed by atoms with Crippen molar-refractivity contribution < 1.29 is 28.6 Å². The van der Waals surface area contributed by atoms with E-state index in [0.717, 1.165) is 96.3 Å². The van der Waals surface area contributed by atoms with E-state index in [1.807, 2.05) is 0 Å². The maximum Gasteiger partial charge on any atom is 0.306 e. The highest BCUT2D eigenvalue weighted by Crippen LogP contribution is 2.18. The predicted molar refractivity (Wildman–Crippen MR) is 353 cm³/mol. The third-order valence-corrected chi connectivity index (χ3v) is 15.7. The Hall–Kier alpha value is -3.15. The molecule has 0 spiro atoms. The van der Waals surface area contributed by atoms with Gasteiger partial charge >= 0.3 is 17.9 Å². The zero-order valence-corrected chi connectivity index (χ0v) is 54.1. The molecule has 6 heteroatoms. The molecule has 0 saturated carbocycles. The lowest BCUT2D eigenvalue weighted by atomic mass is 10.0. The van der Waals surface area contributed by atoms with Gasteiger partial charge in [-0.2, -0.15) is 0 Å². The third-order valence-electron chi connectivity index (χ3n) is 15.7. The first-order valence-electron chi connectivity index (χ1n) is 35.4. The Morgan fingerprint density at radius 2 is 0.481 bits per heavy atom. The maximum absolute atomic E-state index is 13.0. The molecule has 6 nitrogen and oxygen atoms in total. The first-order chi connectivity index (χ1) is 40.0. The molecular formula is C75H134O6. The van der Waals surface area contributed by atoms with Crippen molar-refractivity contribution in [2.24, 2.45) is 0 Å². The van der Waals surface area contributed by atoms with Crippen LogP contribution < -0.4 is 0 Å². The fourth-order valence-corrected chi connectivity index (χ4v) is 10.4. The van der Waals surface area contributed by atoms with Gasteiger partial charge in [-0.1, -0.05) is 331 Å². The molecule has 0 aliphatic rings. The molecule has 0 bridgehead atoms. The summed E-state index contributed by atoms with van der Waals surface area (Å²) in [5, 5.41) is 0. The van der Waals surface area contributed by atoms with Gasteiger partial charge in [-0.3, -0.25) is 14.4 Å². The smallest absolute Gasteiger partial charge is 0.306 e. The summed E-state index contributed by atoms with van der Waals surface area (Å²) in [6, 6.07) is 0.